The molecule has 0 saturated carbocycles. The summed E-state index contributed by atoms with van der Waals surface area (Å²) < 4.78 is 0. The fraction of sp³-hybridized carbons (Fsp3) is 0.370. The Morgan fingerprint density at radius 1 is 0.853 bits per heavy atom. The van der Waals surface area contributed by atoms with Crippen LogP contribution in [0.4, 0.5) is 5.82 Å². The molecule has 7 heteroatoms. The van der Waals surface area contributed by atoms with Gasteiger partial charge in [-0.05, 0) is 30.5 Å². The summed E-state index contributed by atoms with van der Waals surface area (Å²) in [5, 5.41) is 3.98. The SMILES string of the molecule is O=C(CN1CCN(C(=O)c2cc3ccccc3nc2N2CCCC2)CC1)NCc1ccccc1. The Morgan fingerprint density at radius 2 is 1.56 bits per heavy atom. The van der Waals surface area contributed by atoms with E-state index in [1.54, 1.807) is 0 Å². The predicted octanol–water partition coefficient (Wildman–Crippen LogP) is 2.91. The summed E-state index contributed by atoms with van der Waals surface area (Å²) in [6.07, 6.45) is 2.26. The van der Waals surface area contributed by atoms with Crippen LogP contribution in [-0.2, 0) is 11.3 Å². The van der Waals surface area contributed by atoms with Crippen molar-refractivity contribution in [1.82, 2.24) is 20.1 Å². The average molecular weight is 458 g/mol. The van der Waals surface area contributed by atoms with Gasteiger partial charge in [-0.15, -0.1) is 0 Å². The van der Waals surface area contributed by atoms with Crippen LogP contribution >= 0.6 is 0 Å². The zero-order chi connectivity index (χ0) is 23.3. The number of piperazine rings is 1. The molecule has 0 spiro atoms. The van der Waals surface area contributed by atoms with Gasteiger partial charge in [-0.3, -0.25) is 14.5 Å². The normalized spacial score (nSPS) is 16.7. The number of pyridine rings is 1. The molecule has 0 aliphatic carbocycles. The highest BCUT2D eigenvalue weighted by atomic mass is 16.2. The third-order valence-corrected chi connectivity index (χ3v) is 6.70. The molecule has 3 aromatic rings. The van der Waals surface area contributed by atoms with E-state index in [0.29, 0.717) is 44.8 Å². The summed E-state index contributed by atoms with van der Waals surface area (Å²) in [7, 11) is 0. The standard InChI is InChI=1S/C27H31N5O2/c33-25(28-19-21-8-2-1-3-9-21)20-30-14-16-32(17-15-30)27(34)23-18-22-10-4-5-11-24(22)29-26(23)31-12-6-7-13-31/h1-5,8-11,18H,6-7,12-17,19-20H2,(H,28,33). The van der Waals surface area contributed by atoms with Crippen LogP contribution in [0.1, 0.15) is 28.8 Å². The molecule has 34 heavy (non-hydrogen) atoms. The number of amides is 2. The van der Waals surface area contributed by atoms with Gasteiger partial charge in [0.25, 0.3) is 5.91 Å². The molecule has 1 aromatic heterocycles. The van der Waals surface area contributed by atoms with E-state index in [9.17, 15) is 9.59 Å². The van der Waals surface area contributed by atoms with Gasteiger partial charge < -0.3 is 15.1 Å². The number of para-hydroxylation sites is 1. The highest BCUT2D eigenvalue weighted by molar-refractivity contribution is 6.02. The smallest absolute Gasteiger partial charge is 0.257 e. The van der Waals surface area contributed by atoms with Crippen molar-refractivity contribution < 1.29 is 9.59 Å². The van der Waals surface area contributed by atoms with Crippen molar-refractivity contribution >= 4 is 28.5 Å². The summed E-state index contributed by atoms with van der Waals surface area (Å²) in [6.45, 7) is 5.36. The van der Waals surface area contributed by atoms with Gasteiger partial charge >= 0.3 is 0 Å². The molecule has 2 aromatic carbocycles. The molecular formula is C27H31N5O2. The molecule has 2 aliphatic heterocycles. The van der Waals surface area contributed by atoms with Crippen LogP contribution in [0.25, 0.3) is 10.9 Å². The zero-order valence-corrected chi connectivity index (χ0v) is 19.4. The molecule has 0 atom stereocenters. The molecule has 0 radical (unpaired) electrons. The van der Waals surface area contributed by atoms with Crippen molar-refractivity contribution in [2.45, 2.75) is 19.4 Å². The summed E-state index contributed by atoms with van der Waals surface area (Å²) >= 11 is 0. The molecule has 0 bridgehead atoms. The summed E-state index contributed by atoms with van der Waals surface area (Å²) in [5.41, 5.74) is 2.70. The second-order valence-corrected chi connectivity index (χ2v) is 9.08. The van der Waals surface area contributed by atoms with Gasteiger partial charge in [0.15, 0.2) is 0 Å². The number of carbonyl (C=O) groups excluding carboxylic acids is 2. The molecular weight excluding hydrogens is 426 g/mol. The van der Waals surface area contributed by atoms with Gasteiger partial charge in [0.05, 0.1) is 17.6 Å². The highest BCUT2D eigenvalue weighted by Crippen LogP contribution is 2.28. The maximum Gasteiger partial charge on any atom is 0.257 e. The molecule has 5 rings (SSSR count). The van der Waals surface area contributed by atoms with E-state index < -0.39 is 0 Å². The summed E-state index contributed by atoms with van der Waals surface area (Å²) in [5.74, 6) is 0.857. The number of nitrogens with one attached hydrogen (secondary N) is 1. The Kier molecular flexibility index (Phi) is 6.72. The van der Waals surface area contributed by atoms with Crippen molar-refractivity contribution in [1.29, 1.82) is 0 Å². The molecule has 2 fully saturated rings. The lowest BCUT2D eigenvalue weighted by molar-refractivity contribution is -0.122. The van der Waals surface area contributed by atoms with E-state index in [1.807, 2.05) is 65.6 Å². The molecule has 7 nitrogen and oxygen atoms in total. The number of benzene rings is 2. The minimum atomic E-state index is 0.0127. The van der Waals surface area contributed by atoms with Crippen LogP contribution in [0.15, 0.2) is 60.7 Å². The summed E-state index contributed by atoms with van der Waals surface area (Å²) in [6, 6.07) is 19.9. The Bertz CT molecular complexity index is 1150. The van der Waals surface area contributed by atoms with Gasteiger partial charge in [-0.2, -0.15) is 0 Å². The van der Waals surface area contributed by atoms with E-state index in [1.165, 1.54) is 0 Å². The lowest BCUT2D eigenvalue weighted by Gasteiger charge is -2.35. The maximum atomic E-state index is 13.6. The van der Waals surface area contributed by atoms with E-state index >= 15 is 0 Å². The van der Waals surface area contributed by atoms with Gasteiger partial charge in [0.2, 0.25) is 5.91 Å². The first-order valence-corrected chi connectivity index (χ1v) is 12.1. The number of nitrogens with zero attached hydrogens (tertiary/aromatic N) is 4. The van der Waals surface area contributed by atoms with Crippen molar-refractivity contribution in [3.05, 3.63) is 71.8 Å². The Balaban J connectivity index is 1.21. The molecule has 2 saturated heterocycles. The van der Waals surface area contributed by atoms with Gasteiger partial charge in [-0.25, -0.2) is 4.98 Å². The highest BCUT2D eigenvalue weighted by Gasteiger charge is 2.28. The van der Waals surface area contributed by atoms with Gasteiger partial charge in [0.1, 0.15) is 5.82 Å². The van der Waals surface area contributed by atoms with Crippen molar-refractivity contribution in [3.63, 3.8) is 0 Å². The maximum absolute atomic E-state index is 13.6. The van der Waals surface area contributed by atoms with E-state index in [-0.39, 0.29) is 11.8 Å². The molecule has 2 amide bonds. The van der Waals surface area contributed by atoms with E-state index in [2.05, 4.69) is 15.1 Å². The Morgan fingerprint density at radius 3 is 2.32 bits per heavy atom. The number of anilines is 1. The second-order valence-electron chi connectivity index (χ2n) is 9.08. The first-order chi connectivity index (χ1) is 16.7. The molecule has 1 N–H and O–H groups in total. The molecule has 176 valence electrons. The molecule has 0 unspecified atom stereocenters. The van der Waals surface area contributed by atoms with Crippen LogP contribution in [-0.4, -0.2) is 72.4 Å². The van der Waals surface area contributed by atoms with Crippen LogP contribution in [0.3, 0.4) is 0 Å². The fourth-order valence-corrected chi connectivity index (χ4v) is 4.77. The van der Waals surface area contributed by atoms with Crippen LogP contribution < -0.4 is 10.2 Å². The van der Waals surface area contributed by atoms with Crippen LogP contribution in [0.5, 0.6) is 0 Å². The van der Waals surface area contributed by atoms with E-state index in [4.69, 9.17) is 4.98 Å². The minimum absolute atomic E-state index is 0.0127. The van der Waals surface area contributed by atoms with Crippen LogP contribution in [0, 0.1) is 0 Å². The van der Waals surface area contributed by atoms with Crippen LogP contribution in [0.2, 0.25) is 0 Å². The molecule has 3 heterocycles. The lowest BCUT2D eigenvalue weighted by Crippen LogP contribution is -2.51. The van der Waals surface area contributed by atoms with Crippen molar-refractivity contribution in [3.8, 4) is 0 Å². The minimum Gasteiger partial charge on any atom is -0.356 e. The van der Waals surface area contributed by atoms with Gasteiger partial charge in [-0.1, -0.05) is 48.5 Å². The Hall–Kier alpha value is -3.45. The average Bonchev–Trinajstić information content (AvgIpc) is 3.42. The third-order valence-electron chi connectivity index (χ3n) is 6.70. The summed E-state index contributed by atoms with van der Waals surface area (Å²) in [4.78, 5) is 37.1. The van der Waals surface area contributed by atoms with Crippen molar-refractivity contribution in [2.75, 3.05) is 50.7 Å². The molecule has 2 aliphatic rings. The number of hydrogen-bond donors (Lipinski definition) is 1. The first kappa shape index (κ1) is 22.3. The predicted molar refractivity (Wildman–Crippen MR) is 134 cm³/mol. The topological polar surface area (TPSA) is 68.8 Å². The van der Waals surface area contributed by atoms with E-state index in [0.717, 1.165) is 48.2 Å². The third kappa shape index (κ3) is 5.04. The number of carbonyl (C=O) groups is 2. The quantitative estimate of drug-likeness (QED) is 0.617. The first-order valence-electron chi connectivity index (χ1n) is 12.1. The number of hydrogen-bond acceptors (Lipinski definition) is 5. The Labute approximate surface area is 200 Å². The zero-order valence-electron chi connectivity index (χ0n) is 19.4. The number of fused-ring (bicyclic) bond motifs is 1. The fourth-order valence-electron chi connectivity index (χ4n) is 4.77. The number of rotatable bonds is 6. The van der Waals surface area contributed by atoms with Crippen molar-refractivity contribution in [2.24, 2.45) is 0 Å². The second kappa shape index (κ2) is 10.2. The number of aromatic nitrogens is 1. The lowest BCUT2D eigenvalue weighted by atomic mass is 10.1. The monoisotopic (exact) mass is 457 g/mol. The van der Waals surface area contributed by atoms with Gasteiger partial charge in [0, 0.05) is 51.2 Å². The largest absolute Gasteiger partial charge is 0.356 e.